The molecule has 1 heterocycles. The van der Waals surface area contributed by atoms with E-state index in [2.05, 4.69) is 146 Å². The molecule has 0 saturated heterocycles. The Balaban J connectivity index is 0.000000493. The molecule has 0 unspecified atom stereocenters. The van der Waals surface area contributed by atoms with Gasteiger partial charge in [-0.1, -0.05) is 172 Å². The van der Waals surface area contributed by atoms with Crippen LogP contribution in [-0.2, 0) is 24.9 Å². The molecule has 4 aliphatic carbocycles. The lowest BCUT2D eigenvalue weighted by molar-refractivity contribution is 0.649. The fourth-order valence-corrected chi connectivity index (χ4v) is 8.84. The maximum Gasteiger partial charge on any atom is 0.0497 e. The fourth-order valence-electron chi connectivity index (χ4n) is 8.84. The standard InChI is InChI=1S/C46H42N2.C7H9N/c1-46(2)40-26-13-12-22-37(40)38-25-15-24-36(45(38)46)32-16-5-4-8-23-39-42(27-14-10-17-32)48(31-30-41(47)34-19-6-3-7-20-34)43-29-28-33-18-9-11-21-35(33)44(39)43;8-6-7-4-2-1-3-5-7/h3-10,13-20,23-30H,11-12,21-22,31,47H2,1-2H3;1-5H,6,8H2/b5-4-,8-4?,14-10?,16-5?,17-10+,23-8-,27-14-,32-16+,32-17?,39-23?,41-30-,42-27?;. The zero-order valence-electron chi connectivity index (χ0n) is 32.6. The molecule has 0 amide bonds. The molecule has 4 N–H and O–H groups in total. The molecule has 9 rings (SSSR count). The molecule has 1 aromatic heterocycles. The van der Waals surface area contributed by atoms with Crippen LogP contribution in [0.25, 0.3) is 46.0 Å². The molecule has 0 atom stereocenters. The van der Waals surface area contributed by atoms with E-state index in [1.165, 1.54) is 72.3 Å². The molecular formula is C53H51N3. The highest BCUT2D eigenvalue weighted by Crippen LogP contribution is 2.52. The lowest BCUT2D eigenvalue weighted by Gasteiger charge is -2.26. The van der Waals surface area contributed by atoms with Gasteiger partial charge < -0.3 is 16.0 Å². The Morgan fingerprint density at radius 1 is 0.714 bits per heavy atom. The van der Waals surface area contributed by atoms with Gasteiger partial charge in [-0.05, 0) is 99.6 Å². The van der Waals surface area contributed by atoms with E-state index in [1.807, 2.05) is 48.5 Å². The topological polar surface area (TPSA) is 57.0 Å². The molecule has 3 nitrogen and oxygen atoms in total. The summed E-state index contributed by atoms with van der Waals surface area (Å²) >= 11 is 0. The maximum absolute atomic E-state index is 6.62. The van der Waals surface area contributed by atoms with Gasteiger partial charge in [0.2, 0.25) is 0 Å². The van der Waals surface area contributed by atoms with E-state index in [9.17, 15) is 0 Å². The Morgan fingerprint density at radius 2 is 1.45 bits per heavy atom. The first-order valence-electron chi connectivity index (χ1n) is 20.0. The second-order valence-electron chi connectivity index (χ2n) is 15.4. The van der Waals surface area contributed by atoms with Crippen LogP contribution in [0.4, 0.5) is 0 Å². The maximum atomic E-state index is 6.62. The number of fused-ring (bicyclic) bond motifs is 7. The van der Waals surface area contributed by atoms with Crippen LogP contribution in [0.3, 0.4) is 0 Å². The van der Waals surface area contributed by atoms with Gasteiger partial charge in [-0.15, -0.1) is 0 Å². The molecular weight excluding hydrogens is 679 g/mol. The van der Waals surface area contributed by atoms with Crippen LogP contribution in [0.1, 0.15) is 83.3 Å². The minimum Gasteiger partial charge on any atom is -0.398 e. The highest BCUT2D eigenvalue weighted by Gasteiger charge is 2.38. The average Bonchev–Trinajstić information content (AvgIpc) is 3.67. The molecule has 0 radical (unpaired) electrons. The number of benzene rings is 4. The first-order valence-corrected chi connectivity index (χ1v) is 20.0. The summed E-state index contributed by atoms with van der Waals surface area (Å²) in [6.07, 6.45) is 35.9. The molecule has 0 spiro atoms. The zero-order valence-corrected chi connectivity index (χ0v) is 32.6. The Labute approximate surface area is 332 Å². The van der Waals surface area contributed by atoms with Crippen molar-refractivity contribution in [3.63, 3.8) is 0 Å². The van der Waals surface area contributed by atoms with Gasteiger partial charge in [0.1, 0.15) is 0 Å². The van der Waals surface area contributed by atoms with Gasteiger partial charge in [-0.3, -0.25) is 0 Å². The second kappa shape index (κ2) is 16.3. The summed E-state index contributed by atoms with van der Waals surface area (Å²) in [5.41, 5.74) is 29.8. The van der Waals surface area contributed by atoms with E-state index in [-0.39, 0.29) is 5.41 Å². The van der Waals surface area contributed by atoms with Crippen LogP contribution in [-0.4, -0.2) is 4.57 Å². The van der Waals surface area contributed by atoms with Gasteiger partial charge in [0.15, 0.2) is 0 Å². The largest absolute Gasteiger partial charge is 0.398 e. The van der Waals surface area contributed by atoms with Crippen LogP contribution in [0.15, 0.2) is 163 Å². The highest BCUT2D eigenvalue weighted by molar-refractivity contribution is 5.99. The van der Waals surface area contributed by atoms with Crippen molar-refractivity contribution < 1.29 is 0 Å². The average molecular weight is 730 g/mol. The Bertz CT molecular complexity index is 2540. The van der Waals surface area contributed by atoms with Crippen LogP contribution in [0, 0.1) is 0 Å². The van der Waals surface area contributed by atoms with Crippen molar-refractivity contribution in [3.05, 3.63) is 214 Å². The summed E-state index contributed by atoms with van der Waals surface area (Å²) in [5.74, 6) is 0. The predicted octanol–water partition coefficient (Wildman–Crippen LogP) is 12.4. The van der Waals surface area contributed by atoms with Gasteiger partial charge in [-0.25, -0.2) is 0 Å². The lowest BCUT2D eigenvalue weighted by atomic mass is 9.77. The SMILES string of the molecule is CC1(C)C2=C(CCC=C2)c2cccc(C3=C/C=C\C=C/c4c(n(C/C=C(\N)c5ccccc5)c5ccc6c(c45)CCC=C6)/C=C\C=C\3)c21.NCc1ccccc1. The molecule has 56 heavy (non-hydrogen) atoms. The summed E-state index contributed by atoms with van der Waals surface area (Å²) in [6, 6.07) is 31.7. The third-order valence-electron chi connectivity index (χ3n) is 11.6. The number of aryl methyl sites for hydroxylation is 1. The third-order valence-corrected chi connectivity index (χ3v) is 11.6. The van der Waals surface area contributed by atoms with Crippen molar-refractivity contribution >= 4 is 46.0 Å². The van der Waals surface area contributed by atoms with Crippen molar-refractivity contribution in [1.29, 1.82) is 0 Å². The molecule has 3 heteroatoms. The summed E-state index contributed by atoms with van der Waals surface area (Å²) < 4.78 is 2.43. The molecule has 5 aromatic rings. The normalized spacial score (nSPS) is 19.8. The lowest BCUT2D eigenvalue weighted by Crippen LogP contribution is -2.18. The number of hydrogen-bond acceptors (Lipinski definition) is 2. The van der Waals surface area contributed by atoms with Crippen LogP contribution in [0.2, 0.25) is 0 Å². The van der Waals surface area contributed by atoms with Crippen LogP contribution >= 0.6 is 0 Å². The van der Waals surface area contributed by atoms with Crippen molar-refractivity contribution in [2.24, 2.45) is 11.5 Å². The molecule has 0 fully saturated rings. The molecule has 4 aliphatic rings. The van der Waals surface area contributed by atoms with Crippen molar-refractivity contribution in [2.75, 3.05) is 0 Å². The quantitative estimate of drug-likeness (QED) is 0.189. The fraction of sp³-hybridized carbons (Fsp3) is 0.170. The van der Waals surface area contributed by atoms with E-state index in [0.29, 0.717) is 13.1 Å². The summed E-state index contributed by atoms with van der Waals surface area (Å²) in [4.78, 5) is 0. The van der Waals surface area contributed by atoms with E-state index in [0.717, 1.165) is 36.9 Å². The minimum absolute atomic E-state index is 0.0325. The number of nitrogens with zero attached hydrogens (tertiary/aromatic N) is 1. The number of hydrogen-bond donors (Lipinski definition) is 2. The monoisotopic (exact) mass is 729 g/mol. The van der Waals surface area contributed by atoms with Gasteiger partial charge >= 0.3 is 0 Å². The molecule has 0 aliphatic heterocycles. The number of allylic oxidation sites excluding steroid dienone is 14. The Morgan fingerprint density at radius 3 is 2.25 bits per heavy atom. The second-order valence-corrected chi connectivity index (χ2v) is 15.4. The molecule has 278 valence electrons. The van der Waals surface area contributed by atoms with Crippen molar-refractivity contribution in [3.8, 4) is 0 Å². The highest BCUT2D eigenvalue weighted by atomic mass is 15.0. The first kappa shape index (κ1) is 36.8. The summed E-state index contributed by atoms with van der Waals surface area (Å²) in [5, 5.41) is 1.35. The smallest absolute Gasteiger partial charge is 0.0497 e. The first-order chi connectivity index (χ1) is 27.5. The van der Waals surface area contributed by atoms with E-state index in [4.69, 9.17) is 11.5 Å². The third kappa shape index (κ3) is 7.19. The van der Waals surface area contributed by atoms with Gasteiger partial charge in [0, 0.05) is 46.4 Å². The van der Waals surface area contributed by atoms with E-state index >= 15 is 0 Å². The molecule has 0 bridgehead atoms. The minimum atomic E-state index is -0.0325. The number of nitrogens with two attached hydrogens (primary N) is 2. The Kier molecular flexibility index (Phi) is 10.7. The van der Waals surface area contributed by atoms with E-state index in [1.54, 1.807) is 0 Å². The van der Waals surface area contributed by atoms with Gasteiger partial charge in [0.25, 0.3) is 0 Å². The van der Waals surface area contributed by atoms with E-state index < -0.39 is 0 Å². The predicted molar refractivity (Wildman–Crippen MR) is 241 cm³/mol. The molecule has 4 aromatic carbocycles. The summed E-state index contributed by atoms with van der Waals surface area (Å²) in [6.45, 7) is 6.10. The Hall–Kier alpha value is -6.16. The van der Waals surface area contributed by atoms with Crippen LogP contribution < -0.4 is 11.5 Å². The molecule has 0 saturated carbocycles. The van der Waals surface area contributed by atoms with Gasteiger partial charge in [0.05, 0.1) is 0 Å². The van der Waals surface area contributed by atoms with Gasteiger partial charge in [-0.2, -0.15) is 0 Å². The van der Waals surface area contributed by atoms with Crippen molar-refractivity contribution in [1.82, 2.24) is 4.57 Å². The summed E-state index contributed by atoms with van der Waals surface area (Å²) in [7, 11) is 0. The number of aromatic nitrogens is 1. The number of rotatable bonds is 5. The van der Waals surface area contributed by atoms with Crippen LogP contribution in [0.5, 0.6) is 0 Å². The van der Waals surface area contributed by atoms with Crippen molar-refractivity contribution in [2.45, 2.75) is 58.0 Å². The zero-order chi connectivity index (χ0) is 38.5.